The van der Waals surface area contributed by atoms with Crippen molar-refractivity contribution in [3.8, 4) is 0 Å². The molecule has 0 spiro atoms. The molecule has 9 nitrogen and oxygen atoms in total. The number of aromatic nitrogens is 3. The van der Waals surface area contributed by atoms with Crippen LogP contribution in [-0.2, 0) is 18.4 Å². The van der Waals surface area contributed by atoms with Gasteiger partial charge in [0.25, 0.3) is 0 Å². The zero-order chi connectivity index (χ0) is 14.0. The van der Waals surface area contributed by atoms with Gasteiger partial charge in [-0.15, -0.1) is 10.2 Å². The van der Waals surface area contributed by atoms with Crippen LogP contribution in [0.1, 0.15) is 12.2 Å². The molecule has 1 aliphatic heterocycles. The van der Waals surface area contributed by atoms with Gasteiger partial charge in [-0.3, -0.25) is 0 Å². The monoisotopic (exact) mass is 269 g/mol. The number of hydrogen-bond acceptors (Lipinski definition) is 5. The molecule has 2 atom stereocenters. The average Bonchev–Trinajstić information content (AvgIpc) is 2.92. The maximum atomic E-state index is 11.9. The minimum absolute atomic E-state index is 0.0155. The Balaban J connectivity index is 1.96. The van der Waals surface area contributed by atoms with Crippen LogP contribution in [0.4, 0.5) is 4.79 Å². The van der Waals surface area contributed by atoms with E-state index in [2.05, 4.69) is 15.5 Å². The topological polar surface area (TPSA) is 121 Å². The molecule has 3 N–H and O–H groups in total. The van der Waals surface area contributed by atoms with Gasteiger partial charge in [-0.25, -0.2) is 9.59 Å². The van der Waals surface area contributed by atoms with Crippen molar-refractivity contribution in [2.24, 2.45) is 7.05 Å². The summed E-state index contributed by atoms with van der Waals surface area (Å²) in [6.07, 6.45) is 0.745. The number of nitrogens with zero attached hydrogens (tertiary/aromatic N) is 4. The fraction of sp³-hybridized carbons (Fsp3) is 0.600. The number of rotatable bonds is 3. The van der Waals surface area contributed by atoms with E-state index >= 15 is 0 Å². The molecular formula is C10H15N5O4. The van der Waals surface area contributed by atoms with Gasteiger partial charge in [0.15, 0.2) is 5.82 Å². The molecule has 0 saturated carbocycles. The molecule has 0 aliphatic carbocycles. The summed E-state index contributed by atoms with van der Waals surface area (Å²) in [5.41, 5.74) is 0. The number of aryl methyl sites for hydroxylation is 1. The van der Waals surface area contributed by atoms with E-state index < -0.39 is 24.1 Å². The molecule has 1 fully saturated rings. The number of aliphatic carboxylic acids is 1. The highest BCUT2D eigenvalue weighted by atomic mass is 16.4. The third-order valence-corrected chi connectivity index (χ3v) is 3.03. The van der Waals surface area contributed by atoms with E-state index in [4.69, 9.17) is 5.11 Å². The number of aliphatic hydroxyl groups is 1. The molecule has 1 aromatic rings. The molecule has 9 heteroatoms. The predicted octanol–water partition coefficient (Wildman–Crippen LogP) is -1.46. The van der Waals surface area contributed by atoms with Crippen LogP contribution in [0.15, 0.2) is 6.33 Å². The lowest BCUT2D eigenvalue weighted by Crippen LogP contribution is -2.46. The van der Waals surface area contributed by atoms with Crippen molar-refractivity contribution < 1.29 is 19.8 Å². The van der Waals surface area contributed by atoms with Gasteiger partial charge >= 0.3 is 12.0 Å². The average molecular weight is 269 g/mol. The number of carbonyl (C=O) groups is 2. The van der Waals surface area contributed by atoms with Gasteiger partial charge in [0.1, 0.15) is 12.4 Å². The minimum atomic E-state index is -1.12. The molecule has 2 heterocycles. The van der Waals surface area contributed by atoms with Crippen molar-refractivity contribution in [1.29, 1.82) is 0 Å². The van der Waals surface area contributed by atoms with Gasteiger partial charge in [-0.1, -0.05) is 0 Å². The maximum Gasteiger partial charge on any atom is 0.326 e. The Bertz CT molecular complexity index is 488. The quantitative estimate of drug-likeness (QED) is 0.617. The Labute approximate surface area is 108 Å². The Hall–Kier alpha value is -2.16. The maximum absolute atomic E-state index is 11.9. The molecule has 2 rings (SSSR count). The summed E-state index contributed by atoms with van der Waals surface area (Å²) in [6.45, 7) is 0.163. The van der Waals surface area contributed by atoms with Crippen molar-refractivity contribution in [3.05, 3.63) is 12.2 Å². The normalized spacial score (nSPS) is 22.5. The van der Waals surface area contributed by atoms with Crippen molar-refractivity contribution >= 4 is 12.0 Å². The molecule has 19 heavy (non-hydrogen) atoms. The Morgan fingerprint density at radius 1 is 1.58 bits per heavy atom. The van der Waals surface area contributed by atoms with Crippen LogP contribution in [0.2, 0.25) is 0 Å². The lowest BCUT2D eigenvalue weighted by molar-refractivity contribution is -0.141. The summed E-state index contributed by atoms with van der Waals surface area (Å²) in [4.78, 5) is 24.0. The number of amides is 2. The van der Waals surface area contributed by atoms with Crippen LogP contribution in [0, 0.1) is 0 Å². The van der Waals surface area contributed by atoms with Crippen molar-refractivity contribution in [2.75, 3.05) is 6.54 Å². The first-order valence-corrected chi connectivity index (χ1v) is 5.77. The number of likely N-dealkylation sites (tertiary alicyclic amines) is 1. The van der Waals surface area contributed by atoms with E-state index in [-0.39, 0.29) is 19.5 Å². The number of β-amino-alcohol motifs (C(OH)–C–C–N with tert-alkyl or cyclic N) is 1. The fourth-order valence-corrected chi connectivity index (χ4v) is 2.00. The van der Waals surface area contributed by atoms with E-state index in [1.165, 1.54) is 6.33 Å². The Morgan fingerprint density at radius 2 is 2.32 bits per heavy atom. The molecular weight excluding hydrogens is 254 g/mol. The highest BCUT2D eigenvalue weighted by molar-refractivity contribution is 5.83. The van der Waals surface area contributed by atoms with Crippen LogP contribution < -0.4 is 5.32 Å². The van der Waals surface area contributed by atoms with Crippen LogP contribution in [0.5, 0.6) is 0 Å². The molecule has 0 bridgehead atoms. The van der Waals surface area contributed by atoms with Crippen LogP contribution >= 0.6 is 0 Å². The zero-order valence-corrected chi connectivity index (χ0v) is 10.4. The van der Waals surface area contributed by atoms with Gasteiger partial charge < -0.3 is 25.0 Å². The van der Waals surface area contributed by atoms with Gasteiger partial charge in [-0.2, -0.15) is 0 Å². The van der Waals surface area contributed by atoms with E-state index in [0.29, 0.717) is 5.82 Å². The van der Waals surface area contributed by atoms with E-state index in [1.807, 2.05) is 0 Å². The lowest BCUT2D eigenvalue weighted by atomic mass is 10.2. The second-order valence-corrected chi connectivity index (χ2v) is 4.41. The highest BCUT2D eigenvalue weighted by Gasteiger charge is 2.38. The molecule has 0 radical (unpaired) electrons. The van der Waals surface area contributed by atoms with Crippen LogP contribution in [-0.4, -0.2) is 60.6 Å². The van der Waals surface area contributed by atoms with E-state index in [0.717, 1.165) is 4.90 Å². The number of carbonyl (C=O) groups excluding carboxylic acids is 1. The first-order valence-electron chi connectivity index (χ1n) is 5.77. The van der Waals surface area contributed by atoms with Crippen molar-refractivity contribution in [1.82, 2.24) is 25.0 Å². The molecule has 2 amide bonds. The van der Waals surface area contributed by atoms with Crippen molar-refractivity contribution in [2.45, 2.75) is 25.1 Å². The Kier molecular flexibility index (Phi) is 3.65. The molecule has 1 saturated heterocycles. The summed E-state index contributed by atoms with van der Waals surface area (Å²) < 4.78 is 1.65. The minimum Gasteiger partial charge on any atom is -0.480 e. The molecule has 0 unspecified atom stereocenters. The first-order chi connectivity index (χ1) is 8.99. The van der Waals surface area contributed by atoms with E-state index in [1.54, 1.807) is 11.6 Å². The molecule has 1 aromatic heterocycles. The summed E-state index contributed by atoms with van der Waals surface area (Å²) in [6, 6.07) is -1.53. The standard InChI is InChI=1S/C10H15N5O4/c1-14-5-12-13-8(14)3-11-10(19)15-4-6(16)2-7(15)9(17)18/h5-7,16H,2-4H2,1H3,(H,11,19)(H,17,18)/t6-,7-/m0/s1. The smallest absolute Gasteiger partial charge is 0.326 e. The number of urea groups is 1. The van der Waals surface area contributed by atoms with Crippen molar-refractivity contribution in [3.63, 3.8) is 0 Å². The zero-order valence-electron chi connectivity index (χ0n) is 10.4. The molecule has 0 aromatic carbocycles. The largest absolute Gasteiger partial charge is 0.480 e. The van der Waals surface area contributed by atoms with Gasteiger partial charge in [-0.05, 0) is 0 Å². The first kappa shape index (κ1) is 13.3. The third kappa shape index (κ3) is 2.81. The highest BCUT2D eigenvalue weighted by Crippen LogP contribution is 2.18. The van der Waals surface area contributed by atoms with Gasteiger partial charge in [0, 0.05) is 20.0 Å². The van der Waals surface area contributed by atoms with Gasteiger partial charge in [0.2, 0.25) is 0 Å². The Morgan fingerprint density at radius 3 is 2.89 bits per heavy atom. The number of nitrogens with one attached hydrogen (secondary N) is 1. The van der Waals surface area contributed by atoms with Gasteiger partial charge in [0.05, 0.1) is 12.6 Å². The summed E-state index contributed by atoms with van der Waals surface area (Å²) in [5, 5.41) is 28.5. The SMILES string of the molecule is Cn1cnnc1CNC(=O)N1C[C@@H](O)C[C@H]1C(=O)O. The lowest BCUT2D eigenvalue weighted by Gasteiger charge is -2.21. The summed E-state index contributed by atoms with van der Waals surface area (Å²) >= 11 is 0. The fourth-order valence-electron chi connectivity index (χ4n) is 2.00. The predicted molar refractivity (Wildman–Crippen MR) is 62.0 cm³/mol. The van der Waals surface area contributed by atoms with Crippen LogP contribution in [0.25, 0.3) is 0 Å². The van der Waals surface area contributed by atoms with E-state index in [9.17, 15) is 14.7 Å². The second kappa shape index (κ2) is 5.22. The molecule has 1 aliphatic rings. The second-order valence-electron chi connectivity index (χ2n) is 4.41. The number of carboxylic acid groups (broad SMARTS) is 1. The molecule has 104 valence electrons. The number of hydrogen-bond donors (Lipinski definition) is 3. The third-order valence-electron chi connectivity index (χ3n) is 3.03. The summed E-state index contributed by atoms with van der Waals surface area (Å²) in [5.74, 6) is -0.565. The number of aliphatic hydroxyl groups excluding tert-OH is 1. The number of carboxylic acids is 1. The summed E-state index contributed by atoms with van der Waals surface area (Å²) in [7, 11) is 1.74. The van der Waals surface area contributed by atoms with Crippen LogP contribution in [0.3, 0.4) is 0 Å².